The van der Waals surface area contributed by atoms with Gasteiger partial charge in [0, 0.05) is 24.7 Å². The first-order valence-electron chi connectivity index (χ1n) is 9.50. The van der Waals surface area contributed by atoms with E-state index in [2.05, 4.69) is 5.32 Å². The molecule has 0 fully saturated rings. The van der Waals surface area contributed by atoms with Gasteiger partial charge in [0.1, 0.15) is 13.2 Å². The SMILES string of the molecule is NCCC(=O)Nc1ccc2c(c1)OCCOCCOCCOCCOCCO2. The van der Waals surface area contributed by atoms with Gasteiger partial charge in [0.2, 0.25) is 5.91 Å². The first-order chi connectivity index (χ1) is 13.8. The number of nitrogens with one attached hydrogen (secondary N) is 1. The van der Waals surface area contributed by atoms with Crippen molar-refractivity contribution in [2.45, 2.75) is 6.42 Å². The van der Waals surface area contributed by atoms with E-state index in [0.29, 0.717) is 89.8 Å². The zero-order valence-electron chi connectivity index (χ0n) is 16.2. The number of carbonyl (C=O) groups is 1. The fourth-order valence-corrected chi connectivity index (χ4v) is 2.36. The molecular formula is C19H30N2O7. The molecule has 0 aromatic heterocycles. The Morgan fingerprint density at radius 2 is 1.29 bits per heavy atom. The van der Waals surface area contributed by atoms with Gasteiger partial charge < -0.3 is 39.5 Å². The average Bonchev–Trinajstić information content (AvgIpc) is 2.68. The summed E-state index contributed by atoms with van der Waals surface area (Å²) in [6, 6.07) is 5.23. The van der Waals surface area contributed by atoms with E-state index in [1.807, 2.05) is 0 Å². The second-order valence-electron chi connectivity index (χ2n) is 5.89. The highest BCUT2D eigenvalue weighted by Gasteiger charge is 2.09. The monoisotopic (exact) mass is 398 g/mol. The Morgan fingerprint density at radius 1 is 0.786 bits per heavy atom. The van der Waals surface area contributed by atoms with Crippen molar-refractivity contribution in [1.82, 2.24) is 0 Å². The Balaban J connectivity index is 1.94. The van der Waals surface area contributed by atoms with Crippen molar-refractivity contribution in [3.05, 3.63) is 18.2 Å². The summed E-state index contributed by atoms with van der Waals surface area (Å²) in [6.07, 6.45) is 0.255. The molecule has 2 rings (SSSR count). The van der Waals surface area contributed by atoms with Gasteiger partial charge in [0.05, 0.1) is 52.9 Å². The second-order valence-corrected chi connectivity index (χ2v) is 5.89. The van der Waals surface area contributed by atoms with Gasteiger partial charge in [-0.15, -0.1) is 0 Å². The summed E-state index contributed by atoms with van der Waals surface area (Å²) in [4.78, 5) is 11.7. The number of fused-ring (bicyclic) bond motifs is 1. The lowest BCUT2D eigenvalue weighted by Crippen LogP contribution is -2.17. The van der Waals surface area contributed by atoms with E-state index >= 15 is 0 Å². The molecule has 1 aliphatic rings. The van der Waals surface area contributed by atoms with Crippen LogP contribution in [0.3, 0.4) is 0 Å². The molecule has 0 atom stereocenters. The standard InChI is InChI=1S/C19H30N2O7/c20-4-3-19(22)21-16-1-2-17-18(15-16)28-14-12-26-10-8-24-6-5-23-7-9-25-11-13-27-17/h1-2,15H,3-14,20H2,(H,21,22). The van der Waals surface area contributed by atoms with E-state index in [4.69, 9.17) is 34.2 Å². The van der Waals surface area contributed by atoms with E-state index in [0.717, 1.165) is 0 Å². The molecule has 9 nitrogen and oxygen atoms in total. The van der Waals surface area contributed by atoms with Gasteiger partial charge in [-0.1, -0.05) is 0 Å². The van der Waals surface area contributed by atoms with Gasteiger partial charge in [-0.25, -0.2) is 0 Å². The first kappa shape index (κ1) is 22.4. The normalized spacial score (nSPS) is 17.9. The molecule has 0 saturated carbocycles. The van der Waals surface area contributed by atoms with Crippen LogP contribution >= 0.6 is 0 Å². The molecule has 1 amide bonds. The Hall–Kier alpha value is -1.91. The fourth-order valence-electron chi connectivity index (χ4n) is 2.36. The lowest BCUT2D eigenvalue weighted by atomic mass is 10.2. The second kappa shape index (κ2) is 14.1. The number of nitrogens with two attached hydrogens (primary N) is 1. The summed E-state index contributed by atoms with van der Waals surface area (Å²) in [7, 11) is 0. The zero-order chi connectivity index (χ0) is 19.9. The van der Waals surface area contributed by atoms with Crippen molar-refractivity contribution in [2.75, 3.05) is 77.9 Å². The molecule has 158 valence electrons. The lowest BCUT2D eigenvalue weighted by Gasteiger charge is -2.15. The summed E-state index contributed by atoms with van der Waals surface area (Å²) in [5.41, 5.74) is 6.02. The molecule has 28 heavy (non-hydrogen) atoms. The molecule has 9 heteroatoms. The van der Waals surface area contributed by atoms with Gasteiger partial charge in [0.15, 0.2) is 11.5 Å². The number of ether oxygens (including phenoxy) is 6. The molecule has 1 aromatic carbocycles. The molecule has 1 aromatic rings. The number of rotatable bonds is 3. The van der Waals surface area contributed by atoms with Crippen molar-refractivity contribution >= 4 is 11.6 Å². The van der Waals surface area contributed by atoms with Gasteiger partial charge in [-0.3, -0.25) is 4.79 Å². The van der Waals surface area contributed by atoms with Crippen molar-refractivity contribution < 1.29 is 33.2 Å². The summed E-state index contributed by atoms with van der Waals surface area (Å²) in [5, 5.41) is 2.78. The highest BCUT2D eigenvalue weighted by atomic mass is 16.6. The summed E-state index contributed by atoms with van der Waals surface area (Å²) < 4.78 is 33.3. The zero-order valence-corrected chi connectivity index (χ0v) is 16.2. The third-order valence-corrected chi connectivity index (χ3v) is 3.69. The van der Waals surface area contributed by atoms with Gasteiger partial charge >= 0.3 is 0 Å². The minimum absolute atomic E-state index is 0.150. The van der Waals surface area contributed by atoms with E-state index in [1.165, 1.54) is 0 Å². The van der Waals surface area contributed by atoms with Crippen LogP contribution in [-0.2, 0) is 23.7 Å². The number of hydrogen-bond acceptors (Lipinski definition) is 8. The fraction of sp³-hybridized carbons (Fsp3) is 0.632. The van der Waals surface area contributed by atoms with Gasteiger partial charge in [-0.05, 0) is 12.1 Å². The van der Waals surface area contributed by atoms with Crippen LogP contribution in [0.2, 0.25) is 0 Å². The number of anilines is 1. The van der Waals surface area contributed by atoms with Crippen LogP contribution < -0.4 is 20.5 Å². The van der Waals surface area contributed by atoms with Crippen molar-refractivity contribution in [3.8, 4) is 11.5 Å². The number of benzene rings is 1. The lowest BCUT2D eigenvalue weighted by molar-refractivity contribution is -0.116. The Morgan fingerprint density at radius 3 is 1.82 bits per heavy atom. The summed E-state index contributed by atoms with van der Waals surface area (Å²) in [6.45, 7) is 4.86. The molecule has 0 aliphatic carbocycles. The maximum atomic E-state index is 11.7. The topological polar surface area (TPSA) is 111 Å². The van der Waals surface area contributed by atoms with E-state index in [-0.39, 0.29) is 12.3 Å². The van der Waals surface area contributed by atoms with E-state index < -0.39 is 0 Å². The highest BCUT2D eigenvalue weighted by Crippen LogP contribution is 2.30. The molecule has 1 aliphatic heterocycles. The van der Waals surface area contributed by atoms with Gasteiger partial charge in [0.25, 0.3) is 0 Å². The maximum Gasteiger partial charge on any atom is 0.225 e. The van der Waals surface area contributed by atoms with E-state index in [1.54, 1.807) is 18.2 Å². The van der Waals surface area contributed by atoms with Crippen molar-refractivity contribution in [3.63, 3.8) is 0 Å². The van der Waals surface area contributed by atoms with Crippen LogP contribution in [-0.4, -0.2) is 78.5 Å². The predicted molar refractivity (Wildman–Crippen MR) is 103 cm³/mol. The molecule has 0 unspecified atom stereocenters. The maximum absolute atomic E-state index is 11.7. The number of amides is 1. The third-order valence-electron chi connectivity index (χ3n) is 3.69. The summed E-state index contributed by atoms with van der Waals surface area (Å²) >= 11 is 0. The smallest absolute Gasteiger partial charge is 0.225 e. The largest absolute Gasteiger partial charge is 0.487 e. The quantitative estimate of drug-likeness (QED) is 0.770. The van der Waals surface area contributed by atoms with Crippen LogP contribution in [0.5, 0.6) is 11.5 Å². The molecular weight excluding hydrogens is 368 g/mol. The number of hydrogen-bond donors (Lipinski definition) is 2. The molecule has 0 bridgehead atoms. The van der Waals surface area contributed by atoms with Crippen LogP contribution in [0, 0.1) is 0 Å². The molecule has 0 spiro atoms. The predicted octanol–water partition coefficient (Wildman–Crippen LogP) is 0.812. The molecule has 1 heterocycles. The minimum Gasteiger partial charge on any atom is -0.487 e. The minimum atomic E-state index is -0.150. The number of carbonyl (C=O) groups excluding carboxylic acids is 1. The highest BCUT2D eigenvalue weighted by molar-refractivity contribution is 5.91. The molecule has 0 saturated heterocycles. The van der Waals surface area contributed by atoms with E-state index in [9.17, 15) is 4.79 Å². The van der Waals surface area contributed by atoms with Crippen molar-refractivity contribution in [2.24, 2.45) is 5.73 Å². The van der Waals surface area contributed by atoms with Crippen LogP contribution in [0.15, 0.2) is 18.2 Å². The summed E-state index contributed by atoms with van der Waals surface area (Å²) in [5.74, 6) is 0.943. The molecule has 3 N–H and O–H groups in total. The van der Waals surface area contributed by atoms with Crippen LogP contribution in [0.1, 0.15) is 6.42 Å². The van der Waals surface area contributed by atoms with Crippen LogP contribution in [0.4, 0.5) is 5.69 Å². The van der Waals surface area contributed by atoms with Crippen LogP contribution in [0.25, 0.3) is 0 Å². The first-order valence-corrected chi connectivity index (χ1v) is 9.50. The van der Waals surface area contributed by atoms with Gasteiger partial charge in [-0.2, -0.15) is 0 Å². The Kier molecular flexibility index (Phi) is 11.3. The molecule has 0 radical (unpaired) electrons. The van der Waals surface area contributed by atoms with Crippen molar-refractivity contribution in [1.29, 1.82) is 0 Å². The Bertz CT molecular complexity index is 571. The average molecular weight is 398 g/mol. The third kappa shape index (κ3) is 9.34. The Labute approximate surface area is 165 Å².